The molecule has 2 aromatic carbocycles. The Morgan fingerprint density at radius 1 is 1.06 bits per heavy atom. The highest BCUT2D eigenvalue weighted by Gasteiger charge is 2.29. The summed E-state index contributed by atoms with van der Waals surface area (Å²) in [7, 11) is 1.56. The van der Waals surface area contributed by atoms with Gasteiger partial charge < -0.3 is 10.2 Å². The number of nitrogens with zero attached hydrogens (tertiary/aromatic N) is 2. The molecule has 33 heavy (non-hydrogen) atoms. The molecule has 5 rings (SSSR count). The first kappa shape index (κ1) is 23.5. The van der Waals surface area contributed by atoms with E-state index in [1.54, 1.807) is 18.2 Å². The highest BCUT2D eigenvalue weighted by atomic mass is 16.2. The van der Waals surface area contributed by atoms with E-state index < -0.39 is 0 Å². The van der Waals surface area contributed by atoms with E-state index in [1.807, 2.05) is 24.3 Å². The number of hydrogen-bond donors (Lipinski definition) is 1. The van der Waals surface area contributed by atoms with Gasteiger partial charge in [-0.25, -0.2) is 0 Å². The van der Waals surface area contributed by atoms with E-state index in [-0.39, 0.29) is 18.4 Å². The Morgan fingerprint density at radius 3 is 2.58 bits per heavy atom. The fourth-order valence-corrected chi connectivity index (χ4v) is 5.33. The minimum atomic E-state index is -0.153. The van der Waals surface area contributed by atoms with Crippen LogP contribution in [0.2, 0.25) is 0 Å². The summed E-state index contributed by atoms with van der Waals surface area (Å²) in [6.07, 6.45) is 7.19. The van der Waals surface area contributed by atoms with Crippen molar-refractivity contribution in [3.05, 3.63) is 64.7 Å². The maximum Gasteiger partial charge on any atom is 0.239 e. The molecular weight excluding hydrogens is 410 g/mol. The molecule has 0 saturated carbocycles. The van der Waals surface area contributed by atoms with Gasteiger partial charge in [0, 0.05) is 18.8 Å². The first-order chi connectivity index (χ1) is 16.0. The van der Waals surface area contributed by atoms with Crippen LogP contribution in [0.15, 0.2) is 42.5 Å². The monoisotopic (exact) mass is 447 g/mol. The number of para-hydroxylation sites is 1. The van der Waals surface area contributed by atoms with Crippen LogP contribution in [0.25, 0.3) is 0 Å². The number of hydrogen-bond acceptors (Lipinski definition) is 3. The summed E-state index contributed by atoms with van der Waals surface area (Å²) in [5, 5.41) is 2.51. The van der Waals surface area contributed by atoms with Crippen LogP contribution < -0.4 is 10.2 Å². The molecule has 2 aliphatic heterocycles. The lowest BCUT2D eigenvalue weighted by atomic mass is 9.84. The van der Waals surface area contributed by atoms with E-state index in [0.29, 0.717) is 12.5 Å². The lowest BCUT2D eigenvalue weighted by molar-refractivity contribution is -0.122. The zero-order valence-electron chi connectivity index (χ0n) is 20.3. The third-order valence-corrected chi connectivity index (χ3v) is 7.35. The maximum absolute atomic E-state index is 11.6. The Labute approximate surface area is 198 Å². The summed E-state index contributed by atoms with van der Waals surface area (Å²) in [6.45, 7) is 7.34. The molecule has 0 aromatic heterocycles. The van der Waals surface area contributed by atoms with E-state index in [1.165, 1.54) is 55.7 Å². The van der Waals surface area contributed by atoms with E-state index >= 15 is 0 Å². The van der Waals surface area contributed by atoms with Crippen molar-refractivity contribution in [1.82, 2.24) is 10.2 Å². The van der Waals surface area contributed by atoms with Crippen LogP contribution in [0.3, 0.4) is 0 Å². The second-order valence-electron chi connectivity index (χ2n) is 9.79. The van der Waals surface area contributed by atoms with Gasteiger partial charge >= 0.3 is 0 Å². The van der Waals surface area contributed by atoms with Crippen molar-refractivity contribution in [2.45, 2.75) is 58.4 Å². The van der Waals surface area contributed by atoms with Crippen molar-refractivity contribution in [3.63, 3.8) is 0 Å². The van der Waals surface area contributed by atoms with Gasteiger partial charge in [0.25, 0.3) is 0 Å². The van der Waals surface area contributed by atoms with Gasteiger partial charge in [0.2, 0.25) is 11.8 Å². The van der Waals surface area contributed by atoms with Crippen molar-refractivity contribution < 1.29 is 9.59 Å². The second-order valence-corrected chi connectivity index (χ2v) is 9.79. The Hall–Kier alpha value is -2.66. The summed E-state index contributed by atoms with van der Waals surface area (Å²) >= 11 is 0. The van der Waals surface area contributed by atoms with Crippen LogP contribution in [0.4, 0.5) is 5.69 Å². The van der Waals surface area contributed by atoms with Crippen molar-refractivity contribution in [3.8, 4) is 0 Å². The fraction of sp³-hybridized carbons (Fsp3) is 0.500. The molecule has 5 heteroatoms. The molecule has 1 unspecified atom stereocenters. The van der Waals surface area contributed by atoms with Crippen LogP contribution in [-0.2, 0) is 22.4 Å². The van der Waals surface area contributed by atoms with Crippen LogP contribution >= 0.6 is 0 Å². The SMILES string of the molecule is CNC(=O)CN1C(=O)Cc2ccccc21.Cc1ccc2c(c1)C(N1CCC(C)CC1)CCC2. The minimum Gasteiger partial charge on any atom is -0.358 e. The number of fused-ring (bicyclic) bond motifs is 2. The van der Waals surface area contributed by atoms with Crippen molar-refractivity contribution in [1.29, 1.82) is 0 Å². The number of rotatable bonds is 3. The van der Waals surface area contributed by atoms with Crippen LogP contribution in [0.1, 0.15) is 60.9 Å². The quantitative estimate of drug-likeness (QED) is 0.758. The minimum absolute atomic E-state index is 0.0141. The van der Waals surface area contributed by atoms with Crippen molar-refractivity contribution in [2.24, 2.45) is 5.92 Å². The fourth-order valence-electron chi connectivity index (χ4n) is 5.33. The molecule has 1 aliphatic carbocycles. The second kappa shape index (κ2) is 10.5. The van der Waals surface area contributed by atoms with E-state index in [0.717, 1.165) is 17.2 Å². The number of carbonyl (C=O) groups excluding carboxylic acids is 2. The zero-order chi connectivity index (χ0) is 23.4. The molecule has 1 fully saturated rings. The summed E-state index contributed by atoms with van der Waals surface area (Å²) in [6, 6.07) is 15.3. The summed E-state index contributed by atoms with van der Waals surface area (Å²) in [4.78, 5) is 27.1. The predicted octanol–water partition coefficient (Wildman–Crippen LogP) is 4.43. The molecular formula is C28H37N3O2. The Morgan fingerprint density at radius 2 is 1.82 bits per heavy atom. The number of benzene rings is 2. The number of carbonyl (C=O) groups is 2. The smallest absolute Gasteiger partial charge is 0.239 e. The van der Waals surface area contributed by atoms with E-state index in [9.17, 15) is 9.59 Å². The maximum atomic E-state index is 11.6. The molecule has 0 radical (unpaired) electrons. The number of piperidine rings is 1. The highest BCUT2D eigenvalue weighted by Crippen LogP contribution is 2.36. The third kappa shape index (κ3) is 5.47. The number of likely N-dealkylation sites (N-methyl/N-ethyl adjacent to an activating group) is 1. The average Bonchev–Trinajstić information content (AvgIpc) is 3.14. The Balaban J connectivity index is 0.000000160. The molecule has 2 heterocycles. The van der Waals surface area contributed by atoms with Gasteiger partial charge in [0.1, 0.15) is 6.54 Å². The Bertz CT molecular complexity index is 994. The van der Waals surface area contributed by atoms with Crippen LogP contribution in [0, 0.1) is 12.8 Å². The number of nitrogens with one attached hydrogen (secondary N) is 1. The largest absolute Gasteiger partial charge is 0.358 e. The molecule has 0 spiro atoms. The molecule has 2 amide bonds. The van der Waals surface area contributed by atoms with Gasteiger partial charge in [-0.05, 0) is 80.8 Å². The molecule has 1 saturated heterocycles. The van der Waals surface area contributed by atoms with Gasteiger partial charge in [0.15, 0.2) is 0 Å². The molecule has 1 atom stereocenters. The van der Waals surface area contributed by atoms with Crippen molar-refractivity contribution >= 4 is 17.5 Å². The molecule has 1 N–H and O–H groups in total. The number of likely N-dealkylation sites (tertiary alicyclic amines) is 1. The number of aryl methyl sites for hydroxylation is 2. The van der Waals surface area contributed by atoms with E-state index in [2.05, 4.69) is 42.3 Å². The normalized spacial score (nSPS) is 20.5. The van der Waals surface area contributed by atoms with Crippen LogP contribution in [-0.4, -0.2) is 43.4 Å². The standard InChI is InChI=1S/C17H25N.C11H12N2O2/c1-13-8-10-18(11-9-13)17-5-3-4-15-7-6-14(2)12-16(15)17;1-12-10(14)7-13-9-5-3-2-4-8(9)6-11(13)15/h6-7,12-13,17H,3-5,8-11H2,1-2H3;2-5H,6-7H2,1H3,(H,12,14). The van der Waals surface area contributed by atoms with Gasteiger partial charge in [-0.1, -0.05) is 48.9 Å². The Kier molecular flexibility index (Phi) is 7.49. The number of amides is 2. The first-order valence-corrected chi connectivity index (χ1v) is 12.4. The highest BCUT2D eigenvalue weighted by molar-refractivity contribution is 6.04. The van der Waals surface area contributed by atoms with Gasteiger partial charge in [-0.3, -0.25) is 14.5 Å². The molecule has 3 aliphatic rings. The van der Waals surface area contributed by atoms with E-state index in [4.69, 9.17) is 0 Å². The lowest BCUT2D eigenvalue weighted by Crippen LogP contribution is -2.37. The summed E-state index contributed by atoms with van der Waals surface area (Å²) < 4.78 is 0. The van der Waals surface area contributed by atoms with Gasteiger partial charge in [-0.15, -0.1) is 0 Å². The molecule has 2 aromatic rings. The average molecular weight is 448 g/mol. The number of anilines is 1. The molecule has 0 bridgehead atoms. The topological polar surface area (TPSA) is 52.7 Å². The lowest BCUT2D eigenvalue weighted by Gasteiger charge is -2.39. The molecule has 5 nitrogen and oxygen atoms in total. The van der Waals surface area contributed by atoms with Crippen molar-refractivity contribution in [2.75, 3.05) is 31.6 Å². The third-order valence-electron chi connectivity index (χ3n) is 7.35. The summed E-state index contributed by atoms with van der Waals surface area (Å²) in [5.74, 6) is 0.765. The van der Waals surface area contributed by atoms with Gasteiger partial charge in [-0.2, -0.15) is 0 Å². The summed E-state index contributed by atoms with van der Waals surface area (Å²) in [5.41, 5.74) is 6.51. The predicted molar refractivity (Wildman–Crippen MR) is 133 cm³/mol. The van der Waals surface area contributed by atoms with Gasteiger partial charge in [0.05, 0.1) is 6.42 Å². The van der Waals surface area contributed by atoms with Crippen LogP contribution in [0.5, 0.6) is 0 Å². The first-order valence-electron chi connectivity index (χ1n) is 12.4. The zero-order valence-corrected chi connectivity index (χ0v) is 20.3. The molecule has 176 valence electrons.